The molecular formula is C14H16F4N4O2. The largest absolute Gasteiger partial charge is 0.396 e. The zero-order valence-electron chi connectivity index (χ0n) is 12.7. The molecule has 2 aromatic heterocycles. The van der Waals surface area contributed by atoms with Crippen molar-refractivity contribution in [2.45, 2.75) is 37.6 Å². The molecule has 24 heavy (non-hydrogen) atoms. The average molecular weight is 348 g/mol. The second kappa shape index (κ2) is 6.17. The molecule has 132 valence electrons. The minimum absolute atomic E-state index is 0.0136. The predicted octanol–water partition coefficient (Wildman–Crippen LogP) is 2.10. The van der Waals surface area contributed by atoms with Crippen LogP contribution < -0.4 is 5.32 Å². The number of ether oxygens (including phenoxy) is 1. The summed E-state index contributed by atoms with van der Waals surface area (Å²) in [6.45, 7) is 1.53. The summed E-state index contributed by atoms with van der Waals surface area (Å²) in [5.74, 6) is -2.69. The molecule has 0 amide bonds. The van der Waals surface area contributed by atoms with Crippen molar-refractivity contribution in [2.24, 2.45) is 0 Å². The Balaban J connectivity index is 1.94. The summed E-state index contributed by atoms with van der Waals surface area (Å²) in [5.41, 5.74) is -0.452. The average Bonchev–Trinajstić information content (AvgIpc) is 2.84. The first-order chi connectivity index (χ1) is 11.3. The third-order valence-electron chi connectivity index (χ3n) is 4.07. The highest BCUT2D eigenvalue weighted by Gasteiger charge is 2.39. The van der Waals surface area contributed by atoms with Crippen molar-refractivity contribution in [1.29, 1.82) is 0 Å². The van der Waals surface area contributed by atoms with E-state index < -0.39 is 24.0 Å². The number of aromatic nitrogens is 3. The summed E-state index contributed by atoms with van der Waals surface area (Å²) in [7, 11) is 0. The molecule has 1 aliphatic rings. The van der Waals surface area contributed by atoms with Gasteiger partial charge in [0.15, 0.2) is 5.82 Å². The van der Waals surface area contributed by atoms with Crippen LogP contribution in [-0.2, 0) is 4.74 Å². The number of rotatable bonds is 3. The first-order valence-corrected chi connectivity index (χ1v) is 7.40. The molecule has 0 radical (unpaired) electrons. The van der Waals surface area contributed by atoms with Gasteiger partial charge >= 0.3 is 6.18 Å². The van der Waals surface area contributed by atoms with Crippen molar-refractivity contribution in [3.05, 3.63) is 23.8 Å². The molecule has 2 N–H and O–H groups in total. The third kappa shape index (κ3) is 3.16. The van der Waals surface area contributed by atoms with Crippen LogP contribution in [-0.4, -0.2) is 51.2 Å². The molecule has 1 fully saturated rings. The van der Waals surface area contributed by atoms with Gasteiger partial charge in [-0.15, -0.1) is 5.10 Å². The number of hydrogen-bond acceptors (Lipinski definition) is 5. The van der Waals surface area contributed by atoms with E-state index in [9.17, 15) is 22.7 Å². The molecule has 10 heteroatoms. The summed E-state index contributed by atoms with van der Waals surface area (Å²) < 4.78 is 58.7. The summed E-state index contributed by atoms with van der Waals surface area (Å²) in [4.78, 5) is 3.91. The summed E-state index contributed by atoms with van der Waals surface area (Å²) >= 11 is 0. The predicted molar refractivity (Wildman–Crippen MR) is 76.3 cm³/mol. The SMILES string of the molecule is CC(c1cc(F)c2cnc(N[C@@H]3CCOC[C@H]3O)nn12)C(F)(F)F. The number of nitrogens with one attached hydrogen (secondary N) is 1. The van der Waals surface area contributed by atoms with Crippen molar-refractivity contribution in [3.63, 3.8) is 0 Å². The van der Waals surface area contributed by atoms with Crippen LogP contribution in [0.15, 0.2) is 12.3 Å². The van der Waals surface area contributed by atoms with Gasteiger partial charge in [-0.25, -0.2) is 13.9 Å². The summed E-state index contributed by atoms with van der Waals surface area (Å²) in [6, 6.07) is 0.426. The van der Waals surface area contributed by atoms with E-state index in [1.165, 1.54) is 0 Å². The third-order valence-corrected chi connectivity index (χ3v) is 4.07. The van der Waals surface area contributed by atoms with Crippen LogP contribution in [0.5, 0.6) is 0 Å². The minimum Gasteiger partial charge on any atom is -0.389 e. The molecule has 0 spiro atoms. The molecule has 0 aliphatic carbocycles. The van der Waals surface area contributed by atoms with E-state index in [1.54, 1.807) is 0 Å². The van der Waals surface area contributed by atoms with Gasteiger partial charge in [-0.1, -0.05) is 0 Å². The maximum Gasteiger partial charge on any atom is 0.396 e. The Labute approximate surface area is 134 Å². The molecule has 3 atom stereocenters. The minimum atomic E-state index is -4.52. The molecule has 3 heterocycles. The number of fused-ring (bicyclic) bond motifs is 1. The second-order valence-electron chi connectivity index (χ2n) is 5.74. The Hall–Kier alpha value is -1.94. The molecule has 0 saturated carbocycles. The van der Waals surface area contributed by atoms with Gasteiger partial charge in [-0.05, 0) is 19.4 Å². The second-order valence-corrected chi connectivity index (χ2v) is 5.74. The van der Waals surface area contributed by atoms with Crippen LogP contribution in [0.3, 0.4) is 0 Å². The lowest BCUT2D eigenvalue weighted by atomic mass is 10.1. The van der Waals surface area contributed by atoms with Crippen molar-refractivity contribution in [1.82, 2.24) is 14.6 Å². The van der Waals surface area contributed by atoms with Gasteiger partial charge in [0.25, 0.3) is 0 Å². The lowest BCUT2D eigenvalue weighted by Gasteiger charge is -2.28. The Bertz CT molecular complexity index is 733. The molecule has 2 aromatic rings. The van der Waals surface area contributed by atoms with Crippen molar-refractivity contribution < 1.29 is 27.4 Å². The zero-order valence-corrected chi connectivity index (χ0v) is 12.7. The van der Waals surface area contributed by atoms with E-state index in [-0.39, 0.29) is 29.8 Å². The Kier molecular flexibility index (Phi) is 4.35. The van der Waals surface area contributed by atoms with E-state index in [1.807, 2.05) is 0 Å². The molecule has 3 rings (SSSR count). The fraction of sp³-hybridized carbons (Fsp3) is 0.571. The first kappa shape index (κ1) is 16.9. The van der Waals surface area contributed by atoms with Crippen LogP contribution in [0.4, 0.5) is 23.5 Å². The maximum absolute atomic E-state index is 13.9. The molecular weight excluding hydrogens is 332 g/mol. The Morgan fingerprint density at radius 2 is 2.21 bits per heavy atom. The van der Waals surface area contributed by atoms with E-state index in [0.29, 0.717) is 13.0 Å². The van der Waals surface area contributed by atoms with Crippen molar-refractivity contribution >= 4 is 11.5 Å². The summed E-state index contributed by atoms with van der Waals surface area (Å²) in [6.07, 6.45) is -3.69. The number of halogens is 4. The molecule has 1 saturated heterocycles. The van der Waals surface area contributed by atoms with Gasteiger partial charge in [-0.3, -0.25) is 0 Å². The van der Waals surface area contributed by atoms with Gasteiger partial charge in [0.2, 0.25) is 5.95 Å². The molecule has 0 aromatic carbocycles. The van der Waals surface area contributed by atoms with Crippen molar-refractivity contribution in [2.75, 3.05) is 18.5 Å². The normalized spacial score (nSPS) is 23.4. The lowest BCUT2D eigenvalue weighted by Crippen LogP contribution is -2.42. The summed E-state index contributed by atoms with van der Waals surface area (Å²) in [5, 5.41) is 16.7. The molecule has 1 unspecified atom stereocenters. The van der Waals surface area contributed by atoms with Crippen LogP contribution in [0.25, 0.3) is 5.52 Å². The van der Waals surface area contributed by atoms with E-state index in [2.05, 4.69) is 15.4 Å². The number of hydrogen-bond donors (Lipinski definition) is 2. The molecule has 6 nitrogen and oxygen atoms in total. The number of anilines is 1. The van der Waals surface area contributed by atoms with Gasteiger partial charge in [0, 0.05) is 6.61 Å². The number of aliphatic hydroxyl groups excluding tert-OH is 1. The Morgan fingerprint density at radius 3 is 2.88 bits per heavy atom. The van der Waals surface area contributed by atoms with Crippen LogP contribution in [0.1, 0.15) is 25.0 Å². The fourth-order valence-electron chi connectivity index (χ4n) is 2.58. The number of alkyl halides is 3. The van der Waals surface area contributed by atoms with Crippen LogP contribution in [0.2, 0.25) is 0 Å². The van der Waals surface area contributed by atoms with Crippen LogP contribution >= 0.6 is 0 Å². The highest BCUT2D eigenvalue weighted by Crippen LogP contribution is 2.35. The highest BCUT2D eigenvalue weighted by atomic mass is 19.4. The van der Waals surface area contributed by atoms with Crippen molar-refractivity contribution in [3.8, 4) is 0 Å². The topological polar surface area (TPSA) is 71.7 Å². The highest BCUT2D eigenvalue weighted by molar-refractivity contribution is 5.50. The molecule has 0 bridgehead atoms. The number of aliphatic hydroxyl groups is 1. The fourth-order valence-corrected chi connectivity index (χ4v) is 2.58. The number of nitrogens with zero attached hydrogens (tertiary/aromatic N) is 3. The Morgan fingerprint density at radius 1 is 1.46 bits per heavy atom. The first-order valence-electron chi connectivity index (χ1n) is 7.40. The quantitative estimate of drug-likeness (QED) is 0.831. The standard InChI is InChI=1S/C14H16F4N4O2/c1-7(14(16,17)18)10-4-8(15)11-5-19-13(21-22(10)11)20-9-2-3-24-6-12(9)23/h4-5,7,9,12,23H,2-3,6H2,1H3,(H,20,21)/t7?,9-,12-/m1/s1. The van der Waals surface area contributed by atoms with Gasteiger partial charge in [0.05, 0.1) is 36.6 Å². The maximum atomic E-state index is 13.9. The van der Waals surface area contributed by atoms with E-state index >= 15 is 0 Å². The zero-order chi connectivity index (χ0) is 17.5. The van der Waals surface area contributed by atoms with Gasteiger partial charge in [-0.2, -0.15) is 13.2 Å². The smallest absolute Gasteiger partial charge is 0.389 e. The monoisotopic (exact) mass is 348 g/mol. The van der Waals surface area contributed by atoms with E-state index in [0.717, 1.165) is 23.7 Å². The van der Waals surface area contributed by atoms with Crippen LogP contribution in [0, 0.1) is 5.82 Å². The van der Waals surface area contributed by atoms with E-state index in [4.69, 9.17) is 4.74 Å². The van der Waals surface area contributed by atoms with Gasteiger partial charge in [0.1, 0.15) is 5.52 Å². The molecule has 1 aliphatic heterocycles. The van der Waals surface area contributed by atoms with Gasteiger partial charge < -0.3 is 15.2 Å². The lowest BCUT2D eigenvalue weighted by molar-refractivity contribution is -0.147.